The van der Waals surface area contributed by atoms with Crippen molar-refractivity contribution in [1.82, 2.24) is 15.0 Å². The van der Waals surface area contributed by atoms with Gasteiger partial charge in [-0.15, -0.1) is 0 Å². The van der Waals surface area contributed by atoms with Crippen molar-refractivity contribution in [3.63, 3.8) is 0 Å². The highest BCUT2D eigenvalue weighted by Crippen LogP contribution is 2.27. The number of nitrogens with one attached hydrogen (secondary N) is 1. The van der Waals surface area contributed by atoms with Crippen molar-refractivity contribution in [3.05, 3.63) is 5.28 Å². The first-order chi connectivity index (χ1) is 8.58. The Hall–Kier alpha value is -0.750. The molecule has 0 bridgehead atoms. The highest BCUT2D eigenvalue weighted by Gasteiger charge is 2.24. The zero-order valence-electron chi connectivity index (χ0n) is 10.9. The first-order valence-electron chi connectivity index (χ1n) is 6.14. The lowest BCUT2D eigenvalue weighted by Gasteiger charge is -2.34. The van der Waals surface area contributed by atoms with Crippen molar-refractivity contribution in [1.29, 1.82) is 0 Å². The Balaban J connectivity index is 2.21. The van der Waals surface area contributed by atoms with Gasteiger partial charge in [-0.3, -0.25) is 0 Å². The summed E-state index contributed by atoms with van der Waals surface area (Å²) in [6.07, 6.45) is 0. The molecule has 18 heavy (non-hydrogen) atoms. The largest absolute Gasteiger partial charge is 0.354 e. The minimum absolute atomic E-state index is 0.245. The Morgan fingerprint density at radius 3 is 2.56 bits per heavy atom. The molecular weight excluding hydrogens is 270 g/mol. The van der Waals surface area contributed by atoms with Crippen LogP contribution in [0, 0.1) is 0 Å². The van der Waals surface area contributed by atoms with E-state index in [-0.39, 0.29) is 5.28 Å². The summed E-state index contributed by atoms with van der Waals surface area (Å²) in [6, 6.07) is 0. The van der Waals surface area contributed by atoms with Gasteiger partial charge in [0.15, 0.2) is 0 Å². The number of nitrogens with zero attached hydrogens (tertiary/aromatic N) is 4. The number of thioether (sulfide) groups is 1. The lowest BCUT2D eigenvalue weighted by molar-refractivity contribution is 0.704. The quantitative estimate of drug-likeness (QED) is 0.920. The van der Waals surface area contributed by atoms with Crippen LogP contribution in [0.4, 0.5) is 11.9 Å². The first-order valence-corrected chi connectivity index (χ1v) is 7.46. The highest BCUT2D eigenvalue weighted by molar-refractivity contribution is 8.00. The topological polar surface area (TPSA) is 53.9 Å². The second-order valence-corrected chi connectivity index (χ2v) is 6.64. The van der Waals surface area contributed by atoms with Crippen LogP contribution in [0.3, 0.4) is 0 Å². The van der Waals surface area contributed by atoms with E-state index in [1.165, 1.54) is 0 Å². The van der Waals surface area contributed by atoms with Gasteiger partial charge in [0.2, 0.25) is 17.2 Å². The smallest absolute Gasteiger partial charge is 0.231 e. The van der Waals surface area contributed by atoms with E-state index in [1.54, 1.807) is 0 Å². The molecular formula is C11H18ClN5S. The molecule has 1 fully saturated rings. The van der Waals surface area contributed by atoms with Crippen molar-refractivity contribution < 1.29 is 0 Å². The van der Waals surface area contributed by atoms with Gasteiger partial charge >= 0.3 is 0 Å². The van der Waals surface area contributed by atoms with Gasteiger partial charge < -0.3 is 10.2 Å². The van der Waals surface area contributed by atoms with Crippen LogP contribution in [0.25, 0.3) is 0 Å². The van der Waals surface area contributed by atoms with Crippen molar-refractivity contribution in [2.45, 2.75) is 31.3 Å². The summed E-state index contributed by atoms with van der Waals surface area (Å²) in [4.78, 5) is 14.9. The Labute approximate surface area is 117 Å². The first kappa shape index (κ1) is 13.7. The van der Waals surface area contributed by atoms with Crippen LogP contribution in [0.1, 0.15) is 20.8 Å². The molecule has 0 spiro atoms. The van der Waals surface area contributed by atoms with E-state index in [1.807, 2.05) is 18.7 Å². The van der Waals surface area contributed by atoms with Gasteiger partial charge in [0.25, 0.3) is 0 Å². The normalized spacial score (nSPS) is 24.1. The molecule has 1 aromatic heterocycles. The molecule has 1 N–H and O–H groups in total. The molecule has 1 aromatic rings. The molecule has 2 unspecified atom stereocenters. The fraction of sp³-hybridized carbons (Fsp3) is 0.727. The molecule has 0 aliphatic carbocycles. The third-order valence-electron chi connectivity index (χ3n) is 2.63. The van der Waals surface area contributed by atoms with E-state index in [2.05, 4.69) is 39.0 Å². The van der Waals surface area contributed by atoms with Crippen LogP contribution in [-0.2, 0) is 0 Å². The number of hydrogen-bond acceptors (Lipinski definition) is 6. The van der Waals surface area contributed by atoms with Crippen molar-refractivity contribution in [2.24, 2.45) is 0 Å². The summed E-state index contributed by atoms with van der Waals surface area (Å²) in [7, 11) is 0. The molecule has 0 saturated carbocycles. The summed E-state index contributed by atoms with van der Waals surface area (Å²) in [5, 5.41) is 4.47. The van der Waals surface area contributed by atoms with E-state index in [0.717, 1.165) is 19.6 Å². The minimum atomic E-state index is 0.245. The molecule has 1 aliphatic rings. The summed E-state index contributed by atoms with van der Waals surface area (Å²) < 4.78 is 0. The summed E-state index contributed by atoms with van der Waals surface area (Å²) >= 11 is 7.94. The average molecular weight is 288 g/mol. The Morgan fingerprint density at radius 2 is 1.94 bits per heavy atom. The van der Waals surface area contributed by atoms with Crippen molar-refractivity contribution >= 4 is 35.3 Å². The predicted octanol–water partition coefficient (Wildman–Crippen LogP) is 2.29. The van der Waals surface area contributed by atoms with Crippen LogP contribution in [-0.4, -0.2) is 45.1 Å². The van der Waals surface area contributed by atoms with Gasteiger partial charge in [-0.2, -0.15) is 26.7 Å². The molecule has 1 saturated heterocycles. The molecule has 0 aromatic carbocycles. The highest BCUT2D eigenvalue weighted by atomic mass is 35.5. The molecule has 100 valence electrons. The number of rotatable bonds is 3. The second kappa shape index (κ2) is 5.93. The predicted molar refractivity (Wildman–Crippen MR) is 77.7 cm³/mol. The van der Waals surface area contributed by atoms with Gasteiger partial charge in [-0.1, -0.05) is 13.8 Å². The molecule has 2 heterocycles. The molecule has 0 radical (unpaired) electrons. The standard InChI is InChI=1S/C11H18ClN5S/c1-4-13-10-14-9(12)15-11(16-10)17-5-7(2)18-8(3)6-17/h7-8H,4-6H2,1-3H3,(H,13,14,15,16). The summed E-state index contributed by atoms with van der Waals surface area (Å²) in [6.45, 7) is 9.10. The van der Waals surface area contributed by atoms with E-state index < -0.39 is 0 Å². The van der Waals surface area contributed by atoms with Crippen molar-refractivity contribution in [2.75, 3.05) is 29.9 Å². The van der Waals surface area contributed by atoms with Crippen molar-refractivity contribution in [3.8, 4) is 0 Å². The van der Waals surface area contributed by atoms with E-state index in [9.17, 15) is 0 Å². The molecule has 7 heteroatoms. The lowest BCUT2D eigenvalue weighted by atomic mass is 10.3. The zero-order chi connectivity index (χ0) is 13.1. The Bertz CT molecular complexity index is 406. The maximum Gasteiger partial charge on any atom is 0.231 e. The molecule has 0 amide bonds. The van der Waals surface area contributed by atoms with E-state index >= 15 is 0 Å². The Morgan fingerprint density at radius 1 is 1.28 bits per heavy atom. The van der Waals surface area contributed by atoms with Gasteiger partial charge in [0.05, 0.1) is 0 Å². The van der Waals surface area contributed by atoms with Crippen LogP contribution < -0.4 is 10.2 Å². The fourth-order valence-electron chi connectivity index (χ4n) is 2.06. The maximum absolute atomic E-state index is 5.94. The van der Waals surface area contributed by atoms with Gasteiger partial charge in [-0.25, -0.2) is 0 Å². The van der Waals surface area contributed by atoms with Gasteiger partial charge in [0.1, 0.15) is 0 Å². The Kier molecular flexibility index (Phi) is 4.50. The van der Waals surface area contributed by atoms with Gasteiger partial charge in [-0.05, 0) is 18.5 Å². The number of aromatic nitrogens is 3. The van der Waals surface area contributed by atoms with Crippen LogP contribution in [0.2, 0.25) is 5.28 Å². The van der Waals surface area contributed by atoms with E-state index in [4.69, 9.17) is 11.6 Å². The lowest BCUT2D eigenvalue weighted by Crippen LogP contribution is -2.41. The summed E-state index contributed by atoms with van der Waals surface area (Å²) in [5.41, 5.74) is 0. The monoisotopic (exact) mass is 287 g/mol. The van der Waals surface area contributed by atoms with E-state index in [0.29, 0.717) is 22.4 Å². The second-order valence-electron chi connectivity index (χ2n) is 4.42. The maximum atomic E-state index is 5.94. The van der Waals surface area contributed by atoms with Crippen LogP contribution >= 0.6 is 23.4 Å². The number of hydrogen-bond donors (Lipinski definition) is 1. The third-order valence-corrected chi connectivity index (χ3v) is 4.03. The van der Waals surface area contributed by atoms with Crippen LogP contribution in [0.15, 0.2) is 0 Å². The zero-order valence-corrected chi connectivity index (χ0v) is 12.4. The number of anilines is 2. The fourth-order valence-corrected chi connectivity index (χ4v) is 3.54. The summed E-state index contributed by atoms with van der Waals surface area (Å²) in [5.74, 6) is 1.22. The number of halogens is 1. The SMILES string of the molecule is CCNc1nc(Cl)nc(N2CC(C)SC(C)C2)n1. The van der Waals surface area contributed by atoms with Crippen LogP contribution in [0.5, 0.6) is 0 Å². The third kappa shape index (κ3) is 3.38. The average Bonchev–Trinajstić information content (AvgIpc) is 2.27. The molecule has 5 nitrogen and oxygen atoms in total. The molecule has 1 aliphatic heterocycles. The molecule has 2 atom stereocenters. The van der Waals surface area contributed by atoms with Gasteiger partial charge in [0, 0.05) is 30.1 Å². The molecule has 2 rings (SSSR count). The minimum Gasteiger partial charge on any atom is -0.354 e.